The number of amides is 3. The molecule has 9 heteroatoms. The van der Waals surface area contributed by atoms with E-state index in [1.165, 1.54) is 0 Å². The van der Waals surface area contributed by atoms with Gasteiger partial charge in [0.25, 0.3) is 5.91 Å². The second-order valence-corrected chi connectivity index (χ2v) is 8.66. The van der Waals surface area contributed by atoms with Crippen LogP contribution in [-0.4, -0.2) is 41.6 Å². The summed E-state index contributed by atoms with van der Waals surface area (Å²) in [6.07, 6.45) is 3.34. The number of hydrazine groups is 1. The quantitative estimate of drug-likeness (QED) is 0.383. The number of rotatable bonds is 6. The van der Waals surface area contributed by atoms with E-state index in [-0.39, 0.29) is 18.4 Å². The highest BCUT2D eigenvalue weighted by molar-refractivity contribution is 6.32. The van der Waals surface area contributed by atoms with Crippen molar-refractivity contribution in [2.75, 3.05) is 6.61 Å². The molecule has 4 N–H and O–H groups in total. The molecule has 0 heterocycles. The molecule has 0 saturated heterocycles. The van der Waals surface area contributed by atoms with Crippen molar-refractivity contribution in [1.29, 1.82) is 0 Å². The zero-order chi connectivity index (χ0) is 24.1. The van der Waals surface area contributed by atoms with Crippen molar-refractivity contribution in [1.82, 2.24) is 16.2 Å². The van der Waals surface area contributed by atoms with Crippen LogP contribution in [-0.2, 0) is 19.1 Å². The van der Waals surface area contributed by atoms with E-state index >= 15 is 0 Å². The molecule has 1 fully saturated rings. The summed E-state index contributed by atoms with van der Waals surface area (Å²) in [7, 11) is 0. The van der Waals surface area contributed by atoms with Gasteiger partial charge in [-0.15, -0.1) is 0 Å². The average molecular weight is 466 g/mol. The standard InChI is InChI=1S/C25H27N3O6/c29-22(21(26-23(30)24(31)32)13-15-7-1-2-8-15)27-28-25(33)34-14-20-18-11-5-3-9-16(18)17-10-4-6-12-19(17)20/h3-6,9-12,15,20-21H,1-2,7-8,13-14H2,(H,26,30)(H,27,29)(H,28,33)(H,31,32). The number of nitrogens with one attached hydrogen (secondary N) is 3. The fraction of sp³-hybridized carbons (Fsp3) is 0.360. The number of aliphatic carboxylic acids is 1. The Bertz CT molecular complexity index is 1050. The van der Waals surface area contributed by atoms with Gasteiger partial charge in [0.15, 0.2) is 0 Å². The van der Waals surface area contributed by atoms with Crippen LogP contribution in [0.25, 0.3) is 11.1 Å². The molecule has 178 valence electrons. The fourth-order valence-corrected chi connectivity index (χ4v) is 4.87. The fourth-order valence-electron chi connectivity index (χ4n) is 4.87. The van der Waals surface area contributed by atoms with Crippen LogP contribution < -0.4 is 16.2 Å². The molecule has 1 atom stereocenters. The number of fused-ring (bicyclic) bond motifs is 3. The molecule has 1 unspecified atom stereocenters. The Morgan fingerprint density at radius 3 is 2.09 bits per heavy atom. The van der Waals surface area contributed by atoms with Gasteiger partial charge in [-0.3, -0.25) is 15.0 Å². The smallest absolute Gasteiger partial charge is 0.426 e. The van der Waals surface area contributed by atoms with Crippen molar-refractivity contribution < 1.29 is 29.0 Å². The molecule has 9 nitrogen and oxygen atoms in total. The van der Waals surface area contributed by atoms with Crippen LogP contribution in [0.2, 0.25) is 0 Å². The first-order valence-electron chi connectivity index (χ1n) is 11.4. The zero-order valence-electron chi connectivity index (χ0n) is 18.6. The highest BCUT2D eigenvalue weighted by atomic mass is 16.6. The van der Waals surface area contributed by atoms with Crippen molar-refractivity contribution in [2.45, 2.75) is 44.1 Å². The second-order valence-electron chi connectivity index (χ2n) is 8.66. The third-order valence-corrected chi connectivity index (χ3v) is 6.49. The Labute approximate surface area is 196 Å². The van der Waals surface area contributed by atoms with Crippen molar-refractivity contribution >= 4 is 23.9 Å². The van der Waals surface area contributed by atoms with Crippen LogP contribution in [0.15, 0.2) is 48.5 Å². The molecular weight excluding hydrogens is 438 g/mol. The van der Waals surface area contributed by atoms with E-state index in [1.54, 1.807) is 0 Å². The Morgan fingerprint density at radius 2 is 1.50 bits per heavy atom. The number of benzene rings is 2. The summed E-state index contributed by atoms with van der Waals surface area (Å²) in [5, 5.41) is 11.1. The Hall–Kier alpha value is -3.88. The Morgan fingerprint density at radius 1 is 0.912 bits per heavy atom. The summed E-state index contributed by atoms with van der Waals surface area (Å²) in [5.41, 5.74) is 8.78. The molecule has 34 heavy (non-hydrogen) atoms. The molecular formula is C25H27N3O6. The Kier molecular flexibility index (Phi) is 7.10. The van der Waals surface area contributed by atoms with E-state index in [9.17, 15) is 19.2 Å². The minimum Gasteiger partial charge on any atom is -0.474 e. The van der Waals surface area contributed by atoms with Gasteiger partial charge < -0.3 is 15.2 Å². The van der Waals surface area contributed by atoms with E-state index in [0.29, 0.717) is 6.42 Å². The number of hydrogen-bond donors (Lipinski definition) is 4. The zero-order valence-corrected chi connectivity index (χ0v) is 18.6. The SMILES string of the molecule is O=C(NNC(=O)C(CC1CCCC1)NC(=O)C(=O)O)OCC1c2ccccc2-c2ccccc21. The lowest BCUT2D eigenvalue weighted by atomic mass is 9.98. The van der Waals surface area contributed by atoms with Gasteiger partial charge in [0.2, 0.25) is 0 Å². The number of carbonyl (C=O) groups excluding carboxylic acids is 3. The van der Waals surface area contributed by atoms with Crippen LogP contribution in [0.3, 0.4) is 0 Å². The van der Waals surface area contributed by atoms with Gasteiger partial charge in [0.1, 0.15) is 12.6 Å². The summed E-state index contributed by atoms with van der Waals surface area (Å²) >= 11 is 0. The largest absolute Gasteiger partial charge is 0.474 e. The van der Waals surface area contributed by atoms with E-state index in [4.69, 9.17) is 9.84 Å². The van der Waals surface area contributed by atoms with E-state index < -0.39 is 29.9 Å². The number of carboxylic acids is 1. The summed E-state index contributed by atoms with van der Waals surface area (Å²) in [4.78, 5) is 47.4. The predicted molar refractivity (Wildman–Crippen MR) is 122 cm³/mol. The highest BCUT2D eigenvalue weighted by Crippen LogP contribution is 2.44. The minimum atomic E-state index is -1.67. The van der Waals surface area contributed by atoms with Crippen molar-refractivity contribution in [3.63, 3.8) is 0 Å². The third-order valence-electron chi connectivity index (χ3n) is 6.49. The van der Waals surface area contributed by atoms with Gasteiger partial charge in [-0.25, -0.2) is 15.0 Å². The van der Waals surface area contributed by atoms with Crippen molar-refractivity contribution in [3.05, 3.63) is 59.7 Å². The lowest BCUT2D eigenvalue weighted by Crippen LogP contribution is -2.54. The average Bonchev–Trinajstić information content (AvgIpc) is 3.46. The maximum atomic E-state index is 12.6. The summed E-state index contributed by atoms with van der Waals surface area (Å²) in [6, 6.07) is 14.8. The maximum Gasteiger partial charge on any atom is 0.426 e. The minimum absolute atomic E-state index is 0.0803. The van der Waals surface area contributed by atoms with Crippen LogP contribution >= 0.6 is 0 Å². The van der Waals surface area contributed by atoms with Gasteiger partial charge in [-0.05, 0) is 34.6 Å². The first kappa shape index (κ1) is 23.3. The maximum absolute atomic E-state index is 12.6. The molecule has 2 aliphatic carbocycles. The van der Waals surface area contributed by atoms with Crippen molar-refractivity contribution in [3.8, 4) is 11.1 Å². The molecule has 2 aliphatic rings. The Balaban J connectivity index is 1.33. The van der Waals surface area contributed by atoms with Crippen LogP contribution in [0, 0.1) is 5.92 Å². The molecule has 2 aromatic carbocycles. The van der Waals surface area contributed by atoms with Crippen LogP contribution in [0.1, 0.15) is 49.1 Å². The molecule has 0 bridgehead atoms. The number of carbonyl (C=O) groups is 4. The normalized spacial score (nSPS) is 15.6. The first-order chi connectivity index (χ1) is 16.4. The molecule has 2 aromatic rings. The lowest BCUT2D eigenvalue weighted by molar-refractivity contribution is -0.151. The van der Waals surface area contributed by atoms with Gasteiger partial charge >= 0.3 is 18.0 Å². The summed E-state index contributed by atoms with van der Waals surface area (Å²) < 4.78 is 5.38. The van der Waals surface area contributed by atoms with Gasteiger partial charge in [-0.2, -0.15) is 0 Å². The van der Waals surface area contributed by atoms with Crippen LogP contribution in [0.4, 0.5) is 4.79 Å². The van der Waals surface area contributed by atoms with Crippen LogP contribution in [0.5, 0.6) is 0 Å². The summed E-state index contributed by atoms with van der Waals surface area (Å²) in [5.74, 6) is -3.55. The molecule has 0 radical (unpaired) electrons. The van der Waals surface area contributed by atoms with E-state index in [2.05, 4.69) is 16.2 Å². The third kappa shape index (κ3) is 5.19. The van der Waals surface area contributed by atoms with Gasteiger partial charge in [0, 0.05) is 5.92 Å². The first-order valence-corrected chi connectivity index (χ1v) is 11.4. The van der Waals surface area contributed by atoms with E-state index in [1.807, 2.05) is 48.5 Å². The molecule has 1 saturated carbocycles. The summed E-state index contributed by atoms with van der Waals surface area (Å²) in [6.45, 7) is 0.0803. The predicted octanol–water partition coefficient (Wildman–Crippen LogP) is 2.71. The monoisotopic (exact) mass is 465 g/mol. The van der Waals surface area contributed by atoms with Crippen molar-refractivity contribution in [2.24, 2.45) is 5.92 Å². The number of hydrogen-bond acceptors (Lipinski definition) is 5. The van der Waals surface area contributed by atoms with Gasteiger partial charge in [0.05, 0.1) is 0 Å². The second kappa shape index (κ2) is 10.4. The van der Waals surface area contributed by atoms with Gasteiger partial charge in [-0.1, -0.05) is 74.2 Å². The molecule has 0 aromatic heterocycles. The molecule has 4 rings (SSSR count). The number of ether oxygens (including phenoxy) is 1. The van der Waals surface area contributed by atoms with E-state index in [0.717, 1.165) is 47.9 Å². The molecule has 0 spiro atoms. The molecule has 3 amide bonds. The highest BCUT2D eigenvalue weighted by Gasteiger charge is 2.30. The molecule has 0 aliphatic heterocycles. The number of carboxylic acid groups (broad SMARTS) is 1. The lowest BCUT2D eigenvalue weighted by Gasteiger charge is -2.21. The topological polar surface area (TPSA) is 134 Å².